The molecule has 0 spiro atoms. The van der Waals surface area contributed by atoms with Gasteiger partial charge in [-0.3, -0.25) is 14.5 Å². The maximum absolute atomic E-state index is 13.3. The van der Waals surface area contributed by atoms with E-state index in [0.29, 0.717) is 41.8 Å². The molecule has 2 aromatic rings. The molecule has 1 aliphatic heterocycles. The van der Waals surface area contributed by atoms with Gasteiger partial charge in [-0.1, -0.05) is 0 Å². The van der Waals surface area contributed by atoms with Crippen molar-refractivity contribution < 1.29 is 23.5 Å². The number of ether oxygens (including phenoxy) is 2. The molecule has 164 valence electrons. The van der Waals surface area contributed by atoms with Crippen LogP contribution in [0.3, 0.4) is 0 Å². The summed E-state index contributed by atoms with van der Waals surface area (Å²) in [5, 5.41) is 3.04. The largest absolute Gasteiger partial charge is 0.497 e. The summed E-state index contributed by atoms with van der Waals surface area (Å²) in [6, 6.07) is 11.7. The highest BCUT2D eigenvalue weighted by Gasteiger charge is 2.43. The Balaban J connectivity index is 1.78. The molecule has 1 N–H and O–H groups in total. The van der Waals surface area contributed by atoms with Crippen LogP contribution in [0.25, 0.3) is 0 Å². The summed E-state index contributed by atoms with van der Waals surface area (Å²) in [6.07, 6.45) is 0.562. The Kier molecular flexibility index (Phi) is 7.54. The summed E-state index contributed by atoms with van der Waals surface area (Å²) >= 11 is 5.59. The van der Waals surface area contributed by atoms with E-state index >= 15 is 0 Å². The number of hydrogen-bond donors (Lipinski definition) is 1. The van der Waals surface area contributed by atoms with Crippen LogP contribution in [0, 0.1) is 5.82 Å². The number of carbonyl (C=O) groups is 2. The lowest BCUT2D eigenvalue weighted by atomic mass is 10.1. The third-order valence-corrected chi connectivity index (χ3v) is 5.32. The molecule has 0 aliphatic carbocycles. The first-order valence-electron chi connectivity index (χ1n) is 9.77. The zero-order valence-electron chi connectivity index (χ0n) is 17.3. The van der Waals surface area contributed by atoms with Gasteiger partial charge < -0.3 is 19.7 Å². The normalized spacial score (nSPS) is 16.0. The first-order chi connectivity index (χ1) is 14.9. The van der Waals surface area contributed by atoms with E-state index in [2.05, 4.69) is 5.32 Å². The summed E-state index contributed by atoms with van der Waals surface area (Å²) in [6.45, 7) is 0.976. The Morgan fingerprint density at radius 1 is 1.13 bits per heavy atom. The highest BCUT2D eigenvalue weighted by Crippen LogP contribution is 2.29. The Hall–Kier alpha value is -3.04. The molecule has 0 bridgehead atoms. The fraction of sp³-hybridized carbons (Fsp3) is 0.318. The predicted molar refractivity (Wildman–Crippen MR) is 120 cm³/mol. The van der Waals surface area contributed by atoms with Gasteiger partial charge in [-0.2, -0.15) is 0 Å². The summed E-state index contributed by atoms with van der Waals surface area (Å²) in [7, 11) is 3.17. The number of nitrogens with zero attached hydrogens (tertiary/aromatic N) is 2. The van der Waals surface area contributed by atoms with Crippen LogP contribution in [0.5, 0.6) is 5.75 Å². The van der Waals surface area contributed by atoms with Crippen molar-refractivity contribution in [2.75, 3.05) is 37.6 Å². The smallest absolute Gasteiger partial charge is 0.256 e. The molecule has 7 nitrogen and oxygen atoms in total. The Bertz CT molecular complexity index is 937. The third-order valence-electron chi connectivity index (χ3n) is 4.90. The molecule has 0 radical (unpaired) electrons. The van der Waals surface area contributed by atoms with Crippen molar-refractivity contribution in [1.29, 1.82) is 0 Å². The number of benzene rings is 2. The fourth-order valence-electron chi connectivity index (χ4n) is 3.36. The van der Waals surface area contributed by atoms with E-state index in [1.165, 1.54) is 29.2 Å². The number of thiocarbonyl (C=S) groups is 1. The topological polar surface area (TPSA) is 71.1 Å². The van der Waals surface area contributed by atoms with Crippen LogP contribution < -0.4 is 15.0 Å². The molecule has 9 heteroatoms. The molecule has 1 heterocycles. The molecule has 2 aromatic carbocycles. The molecule has 3 rings (SSSR count). The molecule has 0 saturated carbocycles. The molecule has 2 amide bonds. The zero-order valence-corrected chi connectivity index (χ0v) is 18.2. The summed E-state index contributed by atoms with van der Waals surface area (Å²) in [5.74, 6) is -0.370. The van der Waals surface area contributed by atoms with E-state index in [0.717, 1.165) is 0 Å². The molecule has 0 aromatic heterocycles. The Labute approximate surface area is 185 Å². The van der Waals surface area contributed by atoms with E-state index in [1.54, 1.807) is 43.4 Å². The molecule has 1 saturated heterocycles. The minimum absolute atomic E-state index is 0.0873. The average Bonchev–Trinajstić information content (AvgIpc) is 2.99. The standard InChI is InChI=1S/C22H24FN3O4S/c1-29-13-3-12-25-19(14-20(27)24-16-6-4-15(23)5-7-16)21(28)26(22(25)31)17-8-10-18(30-2)11-9-17/h4-11,19H,3,12-14H2,1-2H3,(H,24,27)/t19-/m1/s1. The minimum Gasteiger partial charge on any atom is -0.497 e. The second-order valence-electron chi connectivity index (χ2n) is 6.97. The SMILES string of the molecule is COCCCN1C(=S)N(c2ccc(OC)cc2)C(=O)[C@H]1CC(=O)Nc1ccc(F)cc1. The van der Waals surface area contributed by atoms with Crippen molar-refractivity contribution >= 4 is 40.5 Å². The Morgan fingerprint density at radius 2 is 1.81 bits per heavy atom. The lowest BCUT2D eigenvalue weighted by Crippen LogP contribution is -2.38. The van der Waals surface area contributed by atoms with E-state index in [1.807, 2.05) is 0 Å². The fourth-order valence-corrected chi connectivity index (χ4v) is 3.77. The van der Waals surface area contributed by atoms with E-state index in [9.17, 15) is 14.0 Å². The number of anilines is 2. The first-order valence-corrected chi connectivity index (χ1v) is 10.2. The highest BCUT2D eigenvalue weighted by molar-refractivity contribution is 7.80. The van der Waals surface area contributed by atoms with E-state index in [-0.39, 0.29) is 18.2 Å². The number of carbonyl (C=O) groups excluding carboxylic acids is 2. The molecule has 1 aliphatic rings. The maximum Gasteiger partial charge on any atom is 0.256 e. The maximum atomic E-state index is 13.3. The quantitative estimate of drug-likeness (QED) is 0.472. The van der Waals surface area contributed by atoms with Crippen LogP contribution in [0.2, 0.25) is 0 Å². The second kappa shape index (κ2) is 10.3. The lowest BCUT2D eigenvalue weighted by molar-refractivity contribution is -0.124. The van der Waals surface area contributed by atoms with E-state index < -0.39 is 11.9 Å². The van der Waals surface area contributed by atoms with Gasteiger partial charge in [-0.15, -0.1) is 0 Å². The summed E-state index contributed by atoms with van der Waals surface area (Å²) in [4.78, 5) is 29.1. The monoisotopic (exact) mass is 445 g/mol. The highest BCUT2D eigenvalue weighted by atomic mass is 32.1. The van der Waals surface area contributed by atoms with Crippen molar-refractivity contribution in [3.05, 3.63) is 54.3 Å². The van der Waals surface area contributed by atoms with Crippen molar-refractivity contribution in [3.63, 3.8) is 0 Å². The van der Waals surface area contributed by atoms with Gasteiger partial charge in [0.1, 0.15) is 17.6 Å². The van der Waals surface area contributed by atoms with Crippen LogP contribution in [0.15, 0.2) is 48.5 Å². The molecule has 31 heavy (non-hydrogen) atoms. The number of nitrogens with one attached hydrogen (secondary N) is 1. The van der Waals surface area contributed by atoms with Gasteiger partial charge in [0.2, 0.25) is 5.91 Å². The van der Waals surface area contributed by atoms with Crippen LogP contribution in [-0.4, -0.2) is 55.2 Å². The molecular weight excluding hydrogens is 421 g/mol. The van der Waals surface area contributed by atoms with Crippen LogP contribution >= 0.6 is 12.2 Å². The van der Waals surface area contributed by atoms with Crippen molar-refractivity contribution in [2.24, 2.45) is 0 Å². The van der Waals surface area contributed by atoms with Gasteiger partial charge in [0, 0.05) is 25.9 Å². The van der Waals surface area contributed by atoms with Gasteiger partial charge in [0.05, 0.1) is 19.2 Å². The van der Waals surface area contributed by atoms with Crippen LogP contribution in [0.4, 0.5) is 15.8 Å². The van der Waals surface area contributed by atoms with Gasteiger partial charge in [-0.25, -0.2) is 4.39 Å². The predicted octanol–water partition coefficient (Wildman–Crippen LogP) is 3.20. The number of halogens is 1. The van der Waals surface area contributed by atoms with Gasteiger partial charge in [-0.05, 0) is 67.2 Å². The van der Waals surface area contributed by atoms with Crippen LogP contribution in [-0.2, 0) is 14.3 Å². The Morgan fingerprint density at radius 3 is 2.42 bits per heavy atom. The number of methoxy groups -OCH3 is 2. The average molecular weight is 446 g/mol. The number of amides is 2. The molecule has 0 unspecified atom stereocenters. The van der Waals surface area contributed by atoms with Crippen LogP contribution in [0.1, 0.15) is 12.8 Å². The molecule has 1 fully saturated rings. The first kappa shape index (κ1) is 22.6. The summed E-state index contributed by atoms with van der Waals surface area (Å²) < 4.78 is 23.4. The van der Waals surface area contributed by atoms with Gasteiger partial charge in [0.25, 0.3) is 5.91 Å². The number of hydrogen-bond acceptors (Lipinski definition) is 5. The number of rotatable bonds is 9. The zero-order chi connectivity index (χ0) is 22.4. The second-order valence-corrected chi connectivity index (χ2v) is 7.33. The van der Waals surface area contributed by atoms with Gasteiger partial charge >= 0.3 is 0 Å². The third kappa shape index (κ3) is 5.36. The van der Waals surface area contributed by atoms with Crippen molar-refractivity contribution in [1.82, 2.24) is 4.90 Å². The molecular formula is C22H24FN3O4S. The lowest BCUT2D eigenvalue weighted by Gasteiger charge is -2.23. The molecule has 1 atom stereocenters. The van der Waals surface area contributed by atoms with Crippen molar-refractivity contribution in [3.8, 4) is 5.75 Å². The van der Waals surface area contributed by atoms with Crippen molar-refractivity contribution in [2.45, 2.75) is 18.9 Å². The van der Waals surface area contributed by atoms with Gasteiger partial charge in [0.15, 0.2) is 5.11 Å². The van der Waals surface area contributed by atoms with E-state index in [4.69, 9.17) is 21.7 Å². The summed E-state index contributed by atoms with van der Waals surface area (Å²) in [5.41, 5.74) is 1.06. The minimum atomic E-state index is -0.744.